The van der Waals surface area contributed by atoms with E-state index in [-0.39, 0.29) is 18.7 Å². The van der Waals surface area contributed by atoms with Crippen molar-refractivity contribution >= 4 is 10.2 Å². The molecule has 1 aromatic rings. The van der Waals surface area contributed by atoms with E-state index in [1.165, 1.54) is 5.56 Å². The second-order valence-corrected chi connectivity index (χ2v) is 7.72. The van der Waals surface area contributed by atoms with Crippen LogP contribution in [0.3, 0.4) is 0 Å². The zero-order chi connectivity index (χ0) is 16.7. The van der Waals surface area contributed by atoms with Gasteiger partial charge in [-0.05, 0) is 25.8 Å². The van der Waals surface area contributed by atoms with E-state index in [0.29, 0.717) is 6.61 Å². The Morgan fingerprint density at radius 1 is 1.30 bits per heavy atom. The van der Waals surface area contributed by atoms with Crippen LogP contribution in [0.2, 0.25) is 0 Å². The fourth-order valence-corrected chi connectivity index (χ4v) is 3.74. The Morgan fingerprint density at radius 2 is 2.04 bits per heavy atom. The summed E-state index contributed by atoms with van der Waals surface area (Å²) in [5.74, 6) is 0. The summed E-state index contributed by atoms with van der Waals surface area (Å²) >= 11 is 0. The molecule has 6 nitrogen and oxygen atoms in total. The Labute approximate surface area is 139 Å². The number of hydrogen-bond acceptors (Lipinski definition) is 4. The lowest BCUT2D eigenvalue weighted by Crippen LogP contribution is -2.45. The molecular weight excluding hydrogens is 314 g/mol. The van der Waals surface area contributed by atoms with Crippen LogP contribution < -0.4 is 9.44 Å². The van der Waals surface area contributed by atoms with E-state index < -0.39 is 10.2 Å². The first kappa shape index (κ1) is 18.4. The maximum absolute atomic E-state index is 11.9. The molecule has 1 unspecified atom stereocenters. The summed E-state index contributed by atoms with van der Waals surface area (Å²) in [6.07, 6.45) is 0.824. The van der Waals surface area contributed by atoms with Crippen LogP contribution in [0.5, 0.6) is 0 Å². The van der Waals surface area contributed by atoms with Crippen molar-refractivity contribution in [3.63, 3.8) is 0 Å². The van der Waals surface area contributed by atoms with Gasteiger partial charge in [-0.1, -0.05) is 30.3 Å². The fourth-order valence-electron chi connectivity index (χ4n) is 2.63. The lowest BCUT2D eigenvalue weighted by atomic mass is 10.2. The molecule has 2 rings (SSSR count). The average Bonchev–Trinajstić information content (AvgIpc) is 2.70. The van der Waals surface area contributed by atoms with Crippen LogP contribution in [-0.2, 0) is 21.5 Å². The first-order valence-corrected chi connectivity index (χ1v) is 9.58. The molecule has 1 aliphatic rings. The number of benzene rings is 1. The Bertz CT molecular complexity index is 563. The van der Waals surface area contributed by atoms with Crippen LogP contribution in [0.4, 0.5) is 0 Å². The lowest BCUT2D eigenvalue weighted by Gasteiger charge is -2.24. The average molecular weight is 341 g/mol. The van der Waals surface area contributed by atoms with E-state index in [1.54, 1.807) is 13.8 Å². The summed E-state index contributed by atoms with van der Waals surface area (Å²) < 4.78 is 34.6. The van der Waals surface area contributed by atoms with Crippen molar-refractivity contribution in [3.8, 4) is 0 Å². The topological polar surface area (TPSA) is 70.7 Å². The summed E-state index contributed by atoms with van der Waals surface area (Å²) in [5, 5.41) is 0. The van der Waals surface area contributed by atoms with Gasteiger partial charge in [0.15, 0.2) is 0 Å². The zero-order valence-corrected chi connectivity index (χ0v) is 14.7. The van der Waals surface area contributed by atoms with Gasteiger partial charge in [0, 0.05) is 38.8 Å². The van der Waals surface area contributed by atoms with E-state index in [4.69, 9.17) is 4.74 Å². The molecule has 0 aromatic heterocycles. The van der Waals surface area contributed by atoms with Crippen molar-refractivity contribution in [3.05, 3.63) is 35.9 Å². The Kier molecular flexibility index (Phi) is 6.98. The SMILES string of the molecule is CC(C)NS(=O)(=O)NCC1CN(Cc2ccccc2)CCCO1. The minimum absolute atomic E-state index is 0.128. The largest absolute Gasteiger partial charge is 0.375 e. The third-order valence-corrected chi connectivity index (χ3v) is 4.90. The standard InChI is InChI=1S/C16H27N3O3S/c1-14(2)18-23(20,21)17-11-16-13-19(9-6-10-22-16)12-15-7-4-3-5-8-15/h3-5,7-8,14,16-18H,6,9-13H2,1-2H3. The van der Waals surface area contributed by atoms with Crippen molar-refractivity contribution in [1.82, 2.24) is 14.3 Å². The van der Waals surface area contributed by atoms with Crippen LogP contribution in [0.1, 0.15) is 25.8 Å². The van der Waals surface area contributed by atoms with Gasteiger partial charge in [0.1, 0.15) is 0 Å². The van der Waals surface area contributed by atoms with Gasteiger partial charge < -0.3 is 4.74 Å². The molecule has 0 saturated carbocycles. The van der Waals surface area contributed by atoms with E-state index in [9.17, 15) is 8.42 Å². The first-order valence-electron chi connectivity index (χ1n) is 8.09. The summed E-state index contributed by atoms with van der Waals surface area (Å²) in [6.45, 7) is 7.08. The van der Waals surface area contributed by atoms with E-state index >= 15 is 0 Å². The number of hydrogen-bond donors (Lipinski definition) is 2. The van der Waals surface area contributed by atoms with Gasteiger partial charge in [-0.15, -0.1) is 0 Å². The minimum atomic E-state index is -3.47. The molecule has 1 fully saturated rings. The highest BCUT2D eigenvalue weighted by Crippen LogP contribution is 2.10. The molecular formula is C16H27N3O3S. The highest BCUT2D eigenvalue weighted by atomic mass is 32.2. The second-order valence-electron chi connectivity index (χ2n) is 6.19. The zero-order valence-electron chi connectivity index (χ0n) is 13.9. The van der Waals surface area contributed by atoms with Gasteiger partial charge in [-0.25, -0.2) is 0 Å². The monoisotopic (exact) mass is 341 g/mol. The Morgan fingerprint density at radius 3 is 2.74 bits per heavy atom. The molecule has 0 spiro atoms. The molecule has 1 heterocycles. The van der Waals surface area contributed by atoms with E-state index in [2.05, 4.69) is 26.5 Å². The third kappa shape index (κ3) is 6.97. The predicted octanol–water partition coefficient (Wildman–Crippen LogP) is 1.11. The summed E-state index contributed by atoms with van der Waals surface area (Å²) in [4.78, 5) is 2.32. The number of rotatable bonds is 7. The van der Waals surface area contributed by atoms with Crippen molar-refractivity contribution in [2.75, 3.05) is 26.2 Å². The van der Waals surface area contributed by atoms with Crippen LogP contribution in [0.15, 0.2) is 30.3 Å². The summed E-state index contributed by atoms with van der Waals surface area (Å²) in [6, 6.07) is 10.2. The summed E-state index contributed by atoms with van der Waals surface area (Å²) in [7, 11) is -3.47. The molecule has 1 aliphatic heterocycles. The molecule has 1 atom stereocenters. The van der Waals surface area contributed by atoms with Crippen LogP contribution in [0, 0.1) is 0 Å². The van der Waals surface area contributed by atoms with Gasteiger partial charge in [-0.3, -0.25) is 4.90 Å². The van der Waals surface area contributed by atoms with Crippen molar-refractivity contribution in [2.45, 2.75) is 39.0 Å². The minimum Gasteiger partial charge on any atom is -0.375 e. The number of nitrogens with one attached hydrogen (secondary N) is 2. The van der Waals surface area contributed by atoms with Gasteiger partial charge in [0.05, 0.1) is 6.10 Å². The van der Waals surface area contributed by atoms with Crippen molar-refractivity contribution < 1.29 is 13.2 Å². The molecule has 0 aliphatic carbocycles. The van der Waals surface area contributed by atoms with Crippen LogP contribution in [0.25, 0.3) is 0 Å². The van der Waals surface area contributed by atoms with E-state index in [0.717, 1.165) is 26.1 Å². The molecule has 0 amide bonds. The fraction of sp³-hybridized carbons (Fsp3) is 0.625. The second kappa shape index (κ2) is 8.75. The molecule has 23 heavy (non-hydrogen) atoms. The van der Waals surface area contributed by atoms with Gasteiger partial charge in [-0.2, -0.15) is 17.9 Å². The normalized spacial score (nSPS) is 20.6. The number of ether oxygens (including phenoxy) is 1. The molecule has 130 valence electrons. The lowest BCUT2D eigenvalue weighted by molar-refractivity contribution is 0.0570. The van der Waals surface area contributed by atoms with Gasteiger partial charge in [0.2, 0.25) is 0 Å². The first-order chi connectivity index (χ1) is 10.9. The Hall–Kier alpha value is -0.990. The number of nitrogens with zero attached hydrogens (tertiary/aromatic N) is 1. The predicted molar refractivity (Wildman–Crippen MR) is 91.3 cm³/mol. The smallest absolute Gasteiger partial charge is 0.277 e. The molecule has 0 radical (unpaired) electrons. The molecule has 2 N–H and O–H groups in total. The molecule has 1 aromatic carbocycles. The van der Waals surface area contributed by atoms with Crippen molar-refractivity contribution in [1.29, 1.82) is 0 Å². The van der Waals surface area contributed by atoms with E-state index in [1.807, 2.05) is 18.2 Å². The van der Waals surface area contributed by atoms with Gasteiger partial charge in [0.25, 0.3) is 10.2 Å². The molecule has 1 saturated heterocycles. The quantitative estimate of drug-likeness (QED) is 0.779. The summed E-state index contributed by atoms with van der Waals surface area (Å²) in [5.41, 5.74) is 1.26. The van der Waals surface area contributed by atoms with Crippen LogP contribution >= 0.6 is 0 Å². The Balaban J connectivity index is 1.87. The highest BCUT2D eigenvalue weighted by molar-refractivity contribution is 7.87. The molecule has 0 bridgehead atoms. The van der Waals surface area contributed by atoms with Crippen LogP contribution in [-0.4, -0.2) is 51.7 Å². The maximum Gasteiger partial charge on any atom is 0.277 e. The highest BCUT2D eigenvalue weighted by Gasteiger charge is 2.21. The van der Waals surface area contributed by atoms with Gasteiger partial charge >= 0.3 is 0 Å². The van der Waals surface area contributed by atoms with Crippen molar-refractivity contribution in [2.24, 2.45) is 0 Å². The molecule has 7 heteroatoms. The maximum atomic E-state index is 11.9. The third-order valence-electron chi connectivity index (χ3n) is 3.57.